The van der Waals surface area contributed by atoms with E-state index in [0.717, 1.165) is 20.1 Å². The van der Waals surface area contributed by atoms with Crippen molar-refractivity contribution in [3.63, 3.8) is 0 Å². The lowest BCUT2D eigenvalue weighted by atomic mass is 10.1. The Balaban J connectivity index is 1.18. The maximum Gasteiger partial charge on any atom is 0.262 e. The van der Waals surface area contributed by atoms with Crippen LogP contribution in [0.1, 0.15) is 11.1 Å². The number of benzene rings is 4. The van der Waals surface area contributed by atoms with Gasteiger partial charge in [0.15, 0.2) is 19.0 Å². The molecule has 0 atom stereocenters. The van der Waals surface area contributed by atoms with Crippen LogP contribution in [-0.2, 0) is 14.4 Å². The zero-order chi connectivity index (χ0) is 29.7. The fourth-order valence-electron chi connectivity index (χ4n) is 3.52. The fraction of sp³-hybridized carbons (Fsp3) is 0.0606. The highest BCUT2D eigenvalue weighted by Gasteiger charge is 2.05. The zero-order valence-corrected chi connectivity index (χ0v) is 25.4. The molecule has 0 aromatic heterocycles. The Morgan fingerprint density at radius 3 is 1.26 bits per heavy atom. The first-order chi connectivity index (χ1) is 20.3. The molecule has 4 rings (SSSR count). The Morgan fingerprint density at radius 2 is 0.905 bits per heavy atom. The van der Waals surface area contributed by atoms with Gasteiger partial charge in [-0.2, -0.15) is 0 Å². The molecule has 0 heterocycles. The van der Waals surface area contributed by atoms with Gasteiger partial charge in [-0.3, -0.25) is 14.4 Å². The van der Waals surface area contributed by atoms with Crippen molar-refractivity contribution in [2.24, 2.45) is 0 Å². The standard InChI is InChI=1S/C33H26Br2N2O5/c34-25-7-11-27(12-8-25)36-32(39)21-41-30-17-3-23(4-18-30)1-15-29(38)16-2-24-5-19-31(20-6-24)42-22-33(40)37-28-13-9-26(35)10-14-28/h1-20H,21-22H2,(H,36,39)(H,37,40)/b15-1+,16-2+. The summed E-state index contributed by atoms with van der Waals surface area (Å²) in [5.41, 5.74) is 3.00. The van der Waals surface area contributed by atoms with Gasteiger partial charge < -0.3 is 20.1 Å². The smallest absolute Gasteiger partial charge is 0.262 e. The molecule has 0 saturated carbocycles. The Morgan fingerprint density at radius 1 is 0.548 bits per heavy atom. The van der Waals surface area contributed by atoms with Crippen LogP contribution in [0, 0.1) is 0 Å². The number of rotatable bonds is 12. The molecule has 9 heteroatoms. The van der Waals surface area contributed by atoms with E-state index in [1.54, 1.807) is 84.9 Å². The molecule has 0 aliphatic heterocycles. The quantitative estimate of drug-likeness (QED) is 0.150. The van der Waals surface area contributed by atoms with Gasteiger partial charge in [0.05, 0.1) is 0 Å². The SMILES string of the molecule is O=C(/C=C/c1ccc(OCC(=O)Nc2ccc(Br)cc2)cc1)/C=C/c1ccc(OCC(=O)Nc2ccc(Br)cc2)cc1. The Labute approximate surface area is 260 Å². The zero-order valence-electron chi connectivity index (χ0n) is 22.3. The number of anilines is 2. The minimum Gasteiger partial charge on any atom is -0.484 e. The Bertz CT molecular complexity index is 1450. The Hall–Kier alpha value is -4.47. The van der Waals surface area contributed by atoms with E-state index in [1.165, 1.54) is 12.2 Å². The lowest BCUT2D eigenvalue weighted by Gasteiger charge is -2.08. The van der Waals surface area contributed by atoms with Crippen molar-refractivity contribution in [1.29, 1.82) is 0 Å². The number of hydrogen-bond donors (Lipinski definition) is 2. The first-order valence-corrected chi connectivity index (χ1v) is 14.4. The van der Waals surface area contributed by atoms with Crippen LogP contribution >= 0.6 is 31.9 Å². The van der Waals surface area contributed by atoms with Gasteiger partial charge in [-0.1, -0.05) is 68.3 Å². The van der Waals surface area contributed by atoms with Crippen LogP contribution in [0.15, 0.2) is 118 Å². The number of ketones is 1. The van der Waals surface area contributed by atoms with Crippen molar-refractivity contribution in [2.75, 3.05) is 23.8 Å². The first kappa shape index (κ1) is 30.5. The summed E-state index contributed by atoms with van der Waals surface area (Å²) in [6, 6.07) is 28.7. The average molecular weight is 690 g/mol. The van der Waals surface area contributed by atoms with Crippen molar-refractivity contribution in [3.8, 4) is 11.5 Å². The highest BCUT2D eigenvalue weighted by Crippen LogP contribution is 2.17. The van der Waals surface area contributed by atoms with Gasteiger partial charge in [-0.15, -0.1) is 0 Å². The summed E-state index contributed by atoms with van der Waals surface area (Å²) in [5, 5.41) is 5.53. The number of halogens is 2. The molecule has 4 aromatic carbocycles. The number of nitrogens with one attached hydrogen (secondary N) is 2. The van der Waals surface area contributed by atoms with Gasteiger partial charge in [-0.05, 0) is 96.1 Å². The molecule has 42 heavy (non-hydrogen) atoms. The first-order valence-electron chi connectivity index (χ1n) is 12.8. The normalized spacial score (nSPS) is 10.9. The molecule has 0 saturated heterocycles. The lowest BCUT2D eigenvalue weighted by molar-refractivity contribution is -0.118. The third-order valence-electron chi connectivity index (χ3n) is 5.64. The van der Waals surface area contributed by atoms with Crippen molar-refractivity contribution in [2.45, 2.75) is 0 Å². The number of carbonyl (C=O) groups is 3. The molecule has 4 aromatic rings. The maximum atomic E-state index is 12.3. The van der Waals surface area contributed by atoms with Gasteiger partial charge in [0, 0.05) is 20.3 Å². The van der Waals surface area contributed by atoms with Crippen LogP contribution in [0.4, 0.5) is 11.4 Å². The van der Waals surface area contributed by atoms with E-state index in [1.807, 2.05) is 24.3 Å². The molecular weight excluding hydrogens is 664 g/mol. The van der Waals surface area contributed by atoms with Crippen LogP contribution in [0.2, 0.25) is 0 Å². The minimum absolute atomic E-state index is 0.121. The van der Waals surface area contributed by atoms with Gasteiger partial charge in [-0.25, -0.2) is 0 Å². The number of hydrogen-bond acceptors (Lipinski definition) is 5. The van der Waals surface area contributed by atoms with Crippen molar-refractivity contribution in [3.05, 3.63) is 129 Å². The van der Waals surface area contributed by atoms with Crippen molar-refractivity contribution in [1.82, 2.24) is 0 Å². The highest BCUT2D eigenvalue weighted by atomic mass is 79.9. The average Bonchev–Trinajstić information content (AvgIpc) is 3.00. The molecule has 0 aliphatic rings. The van der Waals surface area contributed by atoms with E-state index >= 15 is 0 Å². The molecule has 7 nitrogen and oxygen atoms in total. The molecule has 2 amide bonds. The largest absolute Gasteiger partial charge is 0.484 e. The third kappa shape index (κ3) is 10.5. The molecule has 0 fully saturated rings. The minimum atomic E-state index is -0.263. The second-order valence-electron chi connectivity index (χ2n) is 8.89. The van der Waals surface area contributed by atoms with Gasteiger partial charge >= 0.3 is 0 Å². The molecule has 212 valence electrons. The Kier molecular flexibility index (Phi) is 11.3. The molecule has 0 bridgehead atoms. The van der Waals surface area contributed by atoms with Crippen LogP contribution in [0.25, 0.3) is 12.2 Å². The van der Waals surface area contributed by atoms with E-state index in [0.29, 0.717) is 22.9 Å². The van der Waals surface area contributed by atoms with Crippen LogP contribution in [-0.4, -0.2) is 30.8 Å². The lowest BCUT2D eigenvalue weighted by Crippen LogP contribution is -2.20. The van der Waals surface area contributed by atoms with Crippen LogP contribution < -0.4 is 20.1 Å². The predicted molar refractivity (Wildman–Crippen MR) is 172 cm³/mol. The number of carbonyl (C=O) groups excluding carboxylic acids is 3. The second kappa shape index (κ2) is 15.5. The van der Waals surface area contributed by atoms with E-state index in [2.05, 4.69) is 42.5 Å². The van der Waals surface area contributed by atoms with Gasteiger partial charge in [0.2, 0.25) is 0 Å². The predicted octanol–water partition coefficient (Wildman–Crippen LogP) is 7.54. The van der Waals surface area contributed by atoms with Gasteiger partial charge in [0.1, 0.15) is 11.5 Å². The van der Waals surface area contributed by atoms with E-state index in [-0.39, 0.29) is 30.8 Å². The van der Waals surface area contributed by atoms with Gasteiger partial charge in [0.25, 0.3) is 11.8 Å². The van der Waals surface area contributed by atoms with Crippen LogP contribution in [0.5, 0.6) is 11.5 Å². The molecule has 0 spiro atoms. The summed E-state index contributed by atoms with van der Waals surface area (Å²) >= 11 is 6.71. The van der Waals surface area contributed by atoms with Crippen molar-refractivity contribution >= 4 is 73.0 Å². The van der Waals surface area contributed by atoms with Crippen LogP contribution in [0.3, 0.4) is 0 Å². The summed E-state index contributed by atoms with van der Waals surface area (Å²) < 4.78 is 12.9. The molecular formula is C33H26Br2N2O5. The number of amides is 2. The monoisotopic (exact) mass is 688 g/mol. The summed E-state index contributed by atoms with van der Waals surface area (Å²) in [6.45, 7) is -0.243. The van der Waals surface area contributed by atoms with E-state index in [4.69, 9.17) is 9.47 Å². The van der Waals surface area contributed by atoms with Crippen molar-refractivity contribution < 1.29 is 23.9 Å². The third-order valence-corrected chi connectivity index (χ3v) is 6.69. The molecule has 0 radical (unpaired) electrons. The summed E-state index contributed by atoms with van der Waals surface area (Å²) in [7, 11) is 0. The second-order valence-corrected chi connectivity index (χ2v) is 10.7. The van der Waals surface area contributed by atoms with E-state index in [9.17, 15) is 14.4 Å². The number of allylic oxidation sites excluding steroid dienone is 2. The highest BCUT2D eigenvalue weighted by molar-refractivity contribution is 9.10. The topological polar surface area (TPSA) is 93.7 Å². The summed E-state index contributed by atoms with van der Waals surface area (Å²) in [6.07, 6.45) is 6.35. The number of ether oxygens (including phenoxy) is 2. The van der Waals surface area contributed by atoms with E-state index < -0.39 is 0 Å². The maximum absolute atomic E-state index is 12.3. The molecule has 0 unspecified atom stereocenters. The molecule has 2 N–H and O–H groups in total. The summed E-state index contributed by atoms with van der Waals surface area (Å²) in [4.78, 5) is 36.5. The summed E-state index contributed by atoms with van der Waals surface area (Å²) in [5.74, 6) is 0.385. The molecule has 0 aliphatic carbocycles. The fourth-order valence-corrected chi connectivity index (χ4v) is 4.05.